The van der Waals surface area contributed by atoms with Crippen molar-refractivity contribution in [3.63, 3.8) is 0 Å². The minimum Gasteiger partial charge on any atom is -0.465 e. The zero-order chi connectivity index (χ0) is 16.1. The predicted octanol–water partition coefficient (Wildman–Crippen LogP) is 0.870. The van der Waals surface area contributed by atoms with Crippen molar-refractivity contribution >= 4 is 10.0 Å². The molecule has 0 spiro atoms. The van der Waals surface area contributed by atoms with Crippen molar-refractivity contribution in [2.75, 3.05) is 13.1 Å². The second-order valence-electron chi connectivity index (χ2n) is 5.54. The minimum absolute atomic E-state index is 0.0443. The van der Waals surface area contributed by atoms with Gasteiger partial charge in [-0.15, -0.1) is 0 Å². The Bertz CT molecular complexity index is 810. The van der Waals surface area contributed by atoms with Crippen LogP contribution in [0.15, 0.2) is 19.9 Å². The molecule has 1 saturated heterocycles. The number of β-amino-alcohol motifs (C(OH)–C–C–N with tert-alkyl or cyclic N) is 1. The third kappa shape index (κ3) is 2.34. The van der Waals surface area contributed by atoms with Gasteiger partial charge in [-0.05, 0) is 26.8 Å². The molecular weight excluding hydrogens is 310 g/mol. The standard InChI is InChI=1S/C13H17N3O5S/c1-8-6-11(9(2)20-8)22(18,19)16-5-4-13(17,7-16)12-14-10(3)15-21-12/h6,17H,4-5,7H2,1-3H3. The fourth-order valence-corrected chi connectivity index (χ4v) is 4.34. The highest BCUT2D eigenvalue weighted by Gasteiger charge is 2.47. The Hall–Kier alpha value is -1.71. The Kier molecular flexibility index (Phi) is 3.38. The van der Waals surface area contributed by atoms with Gasteiger partial charge in [0.1, 0.15) is 16.4 Å². The summed E-state index contributed by atoms with van der Waals surface area (Å²) in [6.45, 7) is 4.97. The first-order valence-electron chi connectivity index (χ1n) is 6.83. The van der Waals surface area contributed by atoms with Crippen molar-refractivity contribution in [3.8, 4) is 0 Å². The van der Waals surface area contributed by atoms with Gasteiger partial charge in [-0.2, -0.15) is 9.29 Å². The van der Waals surface area contributed by atoms with Crippen molar-refractivity contribution in [2.24, 2.45) is 0 Å². The maximum atomic E-state index is 12.7. The van der Waals surface area contributed by atoms with E-state index in [4.69, 9.17) is 8.94 Å². The highest BCUT2D eigenvalue weighted by Crippen LogP contribution is 2.35. The van der Waals surface area contributed by atoms with Gasteiger partial charge in [0.25, 0.3) is 5.89 Å². The number of hydrogen-bond acceptors (Lipinski definition) is 7. The van der Waals surface area contributed by atoms with Gasteiger partial charge in [0.2, 0.25) is 10.0 Å². The molecule has 2 aromatic heterocycles. The van der Waals surface area contributed by atoms with Crippen LogP contribution in [-0.2, 0) is 15.6 Å². The van der Waals surface area contributed by atoms with E-state index < -0.39 is 15.6 Å². The Morgan fingerprint density at radius 1 is 1.36 bits per heavy atom. The number of furan rings is 1. The smallest absolute Gasteiger partial charge is 0.260 e. The lowest BCUT2D eigenvalue weighted by atomic mass is 10.0. The van der Waals surface area contributed by atoms with Crippen molar-refractivity contribution in [1.82, 2.24) is 14.4 Å². The summed E-state index contributed by atoms with van der Waals surface area (Å²) < 4.78 is 36.9. The van der Waals surface area contributed by atoms with Crippen LogP contribution in [0.1, 0.15) is 29.7 Å². The molecule has 3 rings (SSSR count). The average molecular weight is 327 g/mol. The Morgan fingerprint density at radius 2 is 2.09 bits per heavy atom. The largest absolute Gasteiger partial charge is 0.465 e. The van der Waals surface area contributed by atoms with Crippen LogP contribution in [0, 0.1) is 20.8 Å². The number of hydrogen-bond donors (Lipinski definition) is 1. The van der Waals surface area contributed by atoms with E-state index in [2.05, 4.69) is 10.1 Å². The topological polar surface area (TPSA) is 110 Å². The second-order valence-corrected chi connectivity index (χ2v) is 7.45. The molecule has 1 unspecified atom stereocenters. The van der Waals surface area contributed by atoms with E-state index in [1.54, 1.807) is 20.8 Å². The van der Waals surface area contributed by atoms with Gasteiger partial charge in [0.15, 0.2) is 11.4 Å². The zero-order valence-corrected chi connectivity index (χ0v) is 13.3. The molecule has 1 N–H and O–H groups in total. The van der Waals surface area contributed by atoms with Crippen LogP contribution in [0.5, 0.6) is 0 Å². The van der Waals surface area contributed by atoms with E-state index in [1.807, 2.05) is 0 Å². The van der Waals surface area contributed by atoms with E-state index >= 15 is 0 Å². The Morgan fingerprint density at radius 3 is 2.64 bits per heavy atom. The summed E-state index contributed by atoms with van der Waals surface area (Å²) in [5, 5.41) is 14.2. The molecule has 120 valence electrons. The average Bonchev–Trinajstić information content (AvgIpc) is 3.10. The first kappa shape index (κ1) is 15.2. The second kappa shape index (κ2) is 4.90. The highest BCUT2D eigenvalue weighted by molar-refractivity contribution is 7.89. The summed E-state index contributed by atoms with van der Waals surface area (Å²) in [6, 6.07) is 1.49. The normalized spacial score (nSPS) is 23.3. The molecule has 1 aliphatic heterocycles. The maximum Gasteiger partial charge on any atom is 0.260 e. The SMILES string of the molecule is Cc1noc(C2(O)CCN(S(=O)(=O)c3cc(C)oc3C)C2)n1. The van der Waals surface area contributed by atoms with Crippen molar-refractivity contribution in [3.05, 3.63) is 29.3 Å². The summed E-state index contributed by atoms with van der Waals surface area (Å²) >= 11 is 0. The molecule has 1 fully saturated rings. The quantitative estimate of drug-likeness (QED) is 0.890. The van der Waals surface area contributed by atoms with Crippen molar-refractivity contribution in [2.45, 2.75) is 37.7 Å². The van der Waals surface area contributed by atoms with Gasteiger partial charge in [-0.25, -0.2) is 8.42 Å². The molecule has 0 saturated carbocycles. The van der Waals surface area contributed by atoms with Crippen LogP contribution >= 0.6 is 0 Å². The third-order valence-corrected chi connectivity index (χ3v) is 5.70. The van der Waals surface area contributed by atoms with Crippen LogP contribution in [0.25, 0.3) is 0 Å². The van der Waals surface area contributed by atoms with E-state index in [1.165, 1.54) is 10.4 Å². The lowest BCUT2D eigenvalue weighted by Crippen LogP contribution is -2.34. The molecule has 0 radical (unpaired) electrons. The monoisotopic (exact) mass is 327 g/mol. The summed E-state index contributed by atoms with van der Waals surface area (Å²) in [5.74, 6) is 1.30. The fourth-order valence-electron chi connectivity index (χ4n) is 2.63. The highest BCUT2D eigenvalue weighted by atomic mass is 32.2. The molecule has 8 nitrogen and oxygen atoms in total. The lowest BCUT2D eigenvalue weighted by molar-refractivity contribution is 0.0194. The molecule has 1 atom stereocenters. The van der Waals surface area contributed by atoms with Crippen LogP contribution in [-0.4, -0.2) is 41.1 Å². The van der Waals surface area contributed by atoms with Gasteiger partial charge >= 0.3 is 0 Å². The van der Waals surface area contributed by atoms with E-state index in [9.17, 15) is 13.5 Å². The maximum absolute atomic E-state index is 12.7. The van der Waals surface area contributed by atoms with Crippen molar-refractivity contribution < 1.29 is 22.5 Å². The number of aromatic nitrogens is 2. The molecule has 9 heteroatoms. The molecule has 0 bridgehead atoms. The van der Waals surface area contributed by atoms with E-state index in [-0.39, 0.29) is 30.3 Å². The van der Waals surface area contributed by atoms with Crippen LogP contribution < -0.4 is 0 Å². The minimum atomic E-state index is -3.73. The third-order valence-electron chi connectivity index (χ3n) is 3.75. The first-order valence-corrected chi connectivity index (χ1v) is 8.27. The summed E-state index contributed by atoms with van der Waals surface area (Å²) in [5.41, 5.74) is -1.46. The van der Waals surface area contributed by atoms with Crippen LogP contribution in [0.3, 0.4) is 0 Å². The van der Waals surface area contributed by atoms with Crippen LogP contribution in [0.4, 0.5) is 0 Å². The lowest BCUT2D eigenvalue weighted by Gasteiger charge is -2.19. The number of rotatable bonds is 3. The van der Waals surface area contributed by atoms with Gasteiger partial charge in [-0.3, -0.25) is 0 Å². The Labute approximate surface area is 127 Å². The summed E-state index contributed by atoms with van der Waals surface area (Å²) in [6.07, 6.45) is 0.198. The van der Waals surface area contributed by atoms with E-state index in [0.717, 1.165) is 0 Å². The predicted molar refractivity (Wildman–Crippen MR) is 74.5 cm³/mol. The number of nitrogens with zero attached hydrogens (tertiary/aromatic N) is 3. The van der Waals surface area contributed by atoms with Gasteiger partial charge < -0.3 is 14.0 Å². The molecule has 0 aliphatic carbocycles. The Balaban J connectivity index is 1.90. The molecule has 2 aromatic rings. The number of aryl methyl sites for hydroxylation is 3. The van der Waals surface area contributed by atoms with Crippen molar-refractivity contribution in [1.29, 1.82) is 0 Å². The molecule has 0 amide bonds. The summed E-state index contributed by atoms with van der Waals surface area (Å²) in [4.78, 5) is 4.13. The molecule has 3 heterocycles. The van der Waals surface area contributed by atoms with Crippen LogP contribution in [0.2, 0.25) is 0 Å². The molecule has 0 aromatic carbocycles. The number of aliphatic hydroxyl groups is 1. The fraction of sp³-hybridized carbons (Fsp3) is 0.538. The van der Waals surface area contributed by atoms with Gasteiger partial charge in [0, 0.05) is 13.0 Å². The van der Waals surface area contributed by atoms with Gasteiger partial charge in [-0.1, -0.05) is 5.16 Å². The van der Waals surface area contributed by atoms with Gasteiger partial charge in [0.05, 0.1) is 6.54 Å². The number of sulfonamides is 1. The molecule has 22 heavy (non-hydrogen) atoms. The first-order chi connectivity index (χ1) is 10.2. The zero-order valence-electron chi connectivity index (χ0n) is 12.5. The molecule has 1 aliphatic rings. The molecular formula is C13H17N3O5S. The summed E-state index contributed by atoms with van der Waals surface area (Å²) in [7, 11) is -3.73. The van der Waals surface area contributed by atoms with E-state index in [0.29, 0.717) is 17.3 Å².